The summed E-state index contributed by atoms with van der Waals surface area (Å²) in [6.07, 6.45) is 1.39. The second-order valence-electron chi connectivity index (χ2n) is 3.64. The second kappa shape index (κ2) is 7.64. The molecule has 0 spiro atoms. The monoisotopic (exact) mass is 254 g/mol. The van der Waals surface area contributed by atoms with Crippen LogP contribution in [0.5, 0.6) is 5.75 Å². The zero-order valence-electron chi connectivity index (χ0n) is 10.1. The topological polar surface area (TPSA) is 47.3 Å². The minimum absolute atomic E-state index is 0.129. The van der Waals surface area contributed by atoms with E-state index in [0.29, 0.717) is 12.8 Å². The Kier molecular flexibility index (Phi) is 6.12. The lowest BCUT2D eigenvalue weighted by atomic mass is 10.0. The number of halogens is 2. The van der Waals surface area contributed by atoms with E-state index in [4.69, 9.17) is 5.84 Å². The lowest BCUT2D eigenvalue weighted by molar-refractivity contribution is -0.0499. The van der Waals surface area contributed by atoms with Crippen LogP contribution >= 0.6 is 0 Å². The molecule has 98 valence electrons. The first-order valence-corrected chi connectivity index (χ1v) is 5.58. The molecule has 1 rings (SSSR count). The van der Waals surface area contributed by atoms with Crippen LogP contribution in [-0.4, -0.2) is 6.61 Å². The zero-order valence-corrected chi connectivity index (χ0v) is 10.1. The average molecular weight is 254 g/mol. The van der Waals surface area contributed by atoms with Crippen LogP contribution < -0.4 is 16.0 Å². The minimum atomic E-state index is -2.82. The Morgan fingerprint density at radius 2 is 2.22 bits per heavy atom. The van der Waals surface area contributed by atoms with Crippen molar-refractivity contribution in [1.82, 2.24) is 5.43 Å². The smallest absolute Gasteiger partial charge is 0.387 e. The highest BCUT2D eigenvalue weighted by Gasteiger charge is 2.11. The van der Waals surface area contributed by atoms with Crippen LogP contribution in [0.2, 0.25) is 0 Å². The van der Waals surface area contributed by atoms with Gasteiger partial charge in [0.2, 0.25) is 0 Å². The summed E-state index contributed by atoms with van der Waals surface area (Å²) >= 11 is 0. The van der Waals surface area contributed by atoms with Crippen molar-refractivity contribution < 1.29 is 13.5 Å². The summed E-state index contributed by atoms with van der Waals surface area (Å²) in [5, 5.41) is 0. The van der Waals surface area contributed by atoms with Crippen molar-refractivity contribution >= 4 is 0 Å². The molecule has 3 N–H and O–H groups in total. The SMILES string of the molecule is CC#CCCC(NN)c1cccc(OC(F)F)c1. The summed E-state index contributed by atoms with van der Waals surface area (Å²) in [6.45, 7) is -1.06. The quantitative estimate of drug-likeness (QED) is 0.466. The second-order valence-corrected chi connectivity index (χ2v) is 3.64. The molecule has 0 aliphatic heterocycles. The molecular weight excluding hydrogens is 238 g/mol. The fraction of sp³-hybridized carbons (Fsp3) is 0.385. The molecule has 1 aromatic rings. The van der Waals surface area contributed by atoms with Gasteiger partial charge in [-0.1, -0.05) is 12.1 Å². The average Bonchev–Trinajstić information content (AvgIpc) is 2.34. The standard InChI is InChI=1S/C13H16F2N2O/c1-2-3-4-8-12(17-16)10-6-5-7-11(9-10)18-13(14)15/h5-7,9,12-13,17H,4,8,16H2,1H3. The Morgan fingerprint density at radius 1 is 1.44 bits per heavy atom. The van der Waals surface area contributed by atoms with E-state index in [9.17, 15) is 8.78 Å². The van der Waals surface area contributed by atoms with Crippen molar-refractivity contribution in [3.63, 3.8) is 0 Å². The maximum Gasteiger partial charge on any atom is 0.387 e. The lowest BCUT2D eigenvalue weighted by Crippen LogP contribution is -2.27. The van der Waals surface area contributed by atoms with Crippen molar-refractivity contribution in [2.75, 3.05) is 0 Å². The number of nitrogens with one attached hydrogen (secondary N) is 1. The molecule has 0 saturated carbocycles. The highest BCUT2D eigenvalue weighted by molar-refractivity contribution is 5.30. The van der Waals surface area contributed by atoms with Gasteiger partial charge < -0.3 is 4.74 Å². The molecule has 0 bridgehead atoms. The Hall–Kier alpha value is -1.64. The van der Waals surface area contributed by atoms with Gasteiger partial charge in [0.1, 0.15) is 5.75 Å². The summed E-state index contributed by atoms with van der Waals surface area (Å²) < 4.78 is 28.6. The van der Waals surface area contributed by atoms with Crippen LogP contribution in [0, 0.1) is 11.8 Å². The van der Waals surface area contributed by atoms with E-state index in [1.165, 1.54) is 6.07 Å². The summed E-state index contributed by atoms with van der Waals surface area (Å²) in [4.78, 5) is 0. The third-order valence-electron chi connectivity index (χ3n) is 2.42. The number of alkyl halides is 2. The largest absolute Gasteiger partial charge is 0.435 e. The molecule has 0 aliphatic rings. The van der Waals surface area contributed by atoms with Gasteiger partial charge in [0.05, 0.1) is 0 Å². The van der Waals surface area contributed by atoms with E-state index in [1.807, 2.05) is 6.07 Å². The van der Waals surface area contributed by atoms with Gasteiger partial charge in [0.25, 0.3) is 0 Å². The highest BCUT2D eigenvalue weighted by atomic mass is 19.3. The van der Waals surface area contributed by atoms with E-state index in [2.05, 4.69) is 22.0 Å². The summed E-state index contributed by atoms with van der Waals surface area (Å²) in [6, 6.07) is 6.36. The van der Waals surface area contributed by atoms with Crippen LogP contribution in [0.25, 0.3) is 0 Å². The molecule has 5 heteroatoms. The molecule has 3 nitrogen and oxygen atoms in total. The van der Waals surface area contributed by atoms with Gasteiger partial charge in [0.15, 0.2) is 0 Å². The van der Waals surface area contributed by atoms with Crippen LogP contribution in [-0.2, 0) is 0 Å². The fourth-order valence-corrected chi connectivity index (χ4v) is 1.60. The van der Waals surface area contributed by atoms with Gasteiger partial charge in [-0.15, -0.1) is 11.8 Å². The fourth-order valence-electron chi connectivity index (χ4n) is 1.60. The Labute approximate surface area is 105 Å². The highest BCUT2D eigenvalue weighted by Crippen LogP contribution is 2.23. The third-order valence-corrected chi connectivity index (χ3v) is 2.42. The number of ether oxygens (including phenoxy) is 1. The maximum absolute atomic E-state index is 12.1. The summed E-state index contributed by atoms with van der Waals surface area (Å²) in [5.41, 5.74) is 3.45. The van der Waals surface area contributed by atoms with E-state index < -0.39 is 6.61 Å². The first-order valence-electron chi connectivity index (χ1n) is 5.58. The predicted octanol–water partition coefficient (Wildman–Crippen LogP) is 2.60. The van der Waals surface area contributed by atoms with Crippen molar-refractivity contribution in [1.29, 1.82) is 0 Å². The van der Waals surface area contributed by atoms with Gasteiger partial charge in [-0.2, -0.15) is 8.78 Å². The molecule has 18 heavy (non-hydrogen) atoms. The first kappa shape index (κ1) is 14.4. The summed E-state index contributed by atoms with van der Waals surface area (Å²) in [7, 11) is 0. The van der Waals surface area contributed by atoms with Crippen molar-refractivity contribution in [3.8, 4) is 17.6 Å². The molecule has 0 aliphatic carbocycles. The molecular formula is C13H16F2N2O. The normalized spacial score (nSPS) is 11.8. The van der Waals surface area contributed by atoms with Crippen LogP contribution in [0.3, 0.4) is 0 Å². The van der Waals surface area contributed by atoms with E-state index in [1.54, 1.807) is 19.1 Å². The number of hydrazine groups is 1. The first-order chi connectivity index (χ1) is 8.67. The van der Waals surface area contributed by atoms with Gasteiger partial charge in [-0.05, 0) is 31.0 Å². The van der Waals surface area contributed by atoms with E-state index >= 15 is 0 Å². The van der Waals surface area contributed by atoms with Crippen molar-refractivity contribution in [3.05, 3.63) is 29.8 Å². The number of hydrogen-bond donors (Lipinski definition) is 2. The predicted molar refractivity (Wildman–Crippen MR) is 65.8 cm³/mol. The molecule has 1 atom stereocenters. The lowest BCUT2D eigenvalue weighted by Gasteiger charge is -2.16. The van der Waals surface area contributed by atoms with Gasteiger partial charge in [0, 0.05) is 12.5 Å². The molecule has 0 radical (unpaired) electrons. The van der Waals surface area contributed by atoms with Crippen molar-refractivity contribution in [2.24, 2.45) is 5.84 Å². The van der Waals surface area contributed by atoms with E-state index in [0.717, 1.165) is 5.56 Å². The zero-order chi connectivity index (χ0) is 13.4. The third kappa shape index (κ3) is 4.70. The number of hydrogen-bond acceptors (Lipinski definition) is 3. The molecule has 0 saturated heterocycles. The maximum atomic E-state index is 12.1. The van der Waals surface area contributed by atoms with Gasteiger partial charge in [-0.3, -0.25) is 11.3 Å². The van der Waals surface area contributed by atoms with Gasteiger partial charge in [-0.25, -0.2) is 0 Å². The Bertz CT molecular complexity index is 426. The molecule has 1 unspecified atom stereocenters. The van der Waals surface area contributed by atoms with Crippen molar-refractivity contribution in [2.45, 2.75) is 32.4 Å². The Morgan fingerprint density at radius 3 is 2.83 bits per heavy atom. The summed E-state index contributed by atoms with van der Waals surface area (Å²) in [5.74, 6) is 11.3. The van der Waals surface area contributed by atoms with Crippen LogP contribution in [0.1, 0.15) is 31.4 Å². The molecule has 0 aromatic heterocycles. The van der Waals surface area contributed by atoms with Gasteiger partial charge >= 0.3 is 6.61 Å². The number of nitrogens with two attached hydrogens (primary N) is 1. The molecule has 0 fully saturated rings. The van der Waals surface area contributed by atoms with Crippen LogP contribution in [0.4, 0.5) is 8.78 Å². The number of benzene rings is 1. The van der Waals surface area contributed by atoms with Crippen LogP contribution in [0.15, 0.2) is 24.3 Å². The Balaban J connectivity index is 2.74. The molecule has 1 aromatic carbocycles. The number of rotatable bonds is 6. The molecule has 0 amide bonds. The minimum Gasteiger partial charge on any atom is -0.435 e. The van der Waals surface area contributed by atoms with E-state index in [-0.39, 0.29) is 11.8 Å². The molecule has 0 heterocycles.